The van der Waals surface area contributed by atoms with Crippen molar-refractivity contribution >= 4 is 17.6 Å². The van der Waals surface area contributed by atoms with Crippen LogP contribution in [0.15, 0.2) is 95.7 Å². The zero-order valence-corrected chi connectivity index (χ0v) is 19.0. The van der Waals surface area contributed by atoms with Crippen molar-refractivity contribution in [2.24, 2.45) is 5.73 Å². The number of allylic oxidation sites excluding steroid dienone is 1. The summed E-state index contributed by atoms with van der Waals surface area (Å²) >= 11 is 0. The van der Waals surface area contributed by atoms with Gasteiger partial charge in [-0.2, -0.15) is 5.26 Å². The molecule has 9 nitrogen and oxygen atoms in total. The maximum atomic E-state index is 13.1. The number of benzene rings is 2. The van der Waals surface area contributed by atoms with Crippen molar-refractivity contribution < 1.29 is 19.1 Å². The van der Waals surface area contributed by atoms with Crippen molar-refractivity contribution in [2.75, 3.05) is 19.1 Å². The highest BCUT2D eigenvalue weighted by atomic mass is 16.5. The lowest BCUT2D eigenvalue weighted by molar-refractivity contribution is -0.139. The molecule has 0 saturated carbocycles. The van der Waals surface area contributed by atoms with E-state index in [0.717, 1.165) is 5.56 Å². The first-order valence-corrected chi connectivity index (χ1v) is 10.5. The van der Waals surface area contributed by atoms with Gasteiger partial charge in [-0.15, -0.1) is 0 Å². The largest absolute Gasteiger partial charge is 0.466 e. The number of carbonyl (C=O) groups excluding carboxylic acids is 2. The second kappa shape index (κ2) is 9.89. The number of ether oxygens (including phenoxy) is 2. The summed E-state index contributed by atoms with van der Waals surface area (Å²) in [6.45, 7) is 0. The fourth-order valence-electron chi connectivity index (χ4n) is 3.99. The predicted octanol–water partition coefficient (Wildman–Crippen LogP) is 3.04. The average Bonchev–Trinajstić information content (AvgIpc) is 2.92. The summed E-state index contributed by atoms with van der Waals surface area (Å²) in [6, 6.07) is 19.6. The Morgan fingerprint density at radius 1 is 0.943 bits per heavy atom. The molecule has 2 heterocycles. The van der Waals surface area contributed by atoms with Crippen LogP contribution >= 0.6 is 0 Å². The monoisotopic (exact) mass is 467 g/mol. The third-order valence-corrected chi connectivity index (χ3v) is 5.56. The molecule has 1 atom stereocenters. The Bertz CT molecular complexity index is 1360. The van der Waals surface area contributed by atoms with Crippen molar-refractivity contribution in [2.45, 2.75) is 5.92 Å². The Labute approximate surface area is 201 Å². The van der Waals surface area contributed by atoms with Crippen LogP contribution in [-0.4, -0.2) is 36.1 Å². The fraction of sp³-hybridized carbons (Fsp3) is 0.115. The van der Waals surface area contributed by atoms with Crippen LogP contribution < -0.4 is 10.6 Å². The van der Waals surface area contributed by atoms with Crippen LogP contribution in [0.5, 0.6) is 0 Å². The molecule has 4 rings (SSSR count). The number of methoxy groups -OCH3 is 2. The third kappa shape index (κ3) is 4.20. The van der Waals surface area contributed by atoms with Crippen LogP contribution in [0.4, 0.5) is 5.69 Å². The summed E-state index contributed by atoms with van der Waals surface area (Å²) in [5.74, 6) is -1.99. The summed E-state index contributed by atoms with van der Waals surface area (Å²) in [7, 11) is 2.41. The number of hydrogen-bond donors (Lipinski definition) is 1. The van der Waals surface area contributed by atoms with Crippen LogP contribution in [0.1, 0.15) is 11.5 Å². The molecule has 2 aromatic carbocycles. The molecule has 0 aliphatic carbocycles. The van der Waals surface area contributed by atoms with Gasteiger partial charge in [0.2, 0.25) is 0 Å². The molecule has 1 aliphatic heterocycles. The topological polar surface area (TPSA) is 131 Å². The first-order chi connectivity index (χ1) is 17.0. The van der Waals surface area contributed by atoms with Crippen molar-refractivity contribution in [3.63, 3.8) is 0 Å². The maximum absolute atomic E-state index is 13.1. The summed E-state index contributed by atoms with van der Waals surface area (Å²) in [6.07, 6.45) is 3.26. The molecule has 0 fully saturated rings. The van der Waals surface area contributed by atoms with E-state index in [1.54, 1.807) is 73.1 Å². The number of esters is 2. The Kier molecular flexibility index (Phi) is 6.55. The summed E-state index contributed by atoms with van der Waals surface area (Å²) in [5.41, 5.74) is 8.18. The molecule has 0 amide bonds. The highest BCUT2D eigenvalue weighted by Gasteiger charge is 2.42. The van der Waals surface area contributed by atoms with E-state index in [0.29, 0.717) is 17.1 Å². The Hall–Kier alpha value is -4.97. The molecule has 35 heavy (non-hydrogen) atoms. The number of rotatable bonds is 5. The molecule has 3 aromatic rings. The first-order valence-electron chi connectivity index (χ1n) is 10.5. The lowest BCUT2D eigenvalue weighted by atomic mass is 9.81. The van der Waals surface area contributed by atoms with Gasteiger partial charge in [-0.3, -0.25) is 4.90 Å². The molecule has 9 heteroatoms. The SMILES string of the molecule is COC(=O)C1=C(C(=O)OC)N(c2ccc(-c3ncccn3)cc2)C(N)=C(C#N)C1c1ccccc1. The van der Waals surface area contributed by atoms with Crippen molar-refractivity contribution in [3.05, 3.63) is 101 Å². The number of nitrogens with two attached hydrogens (primary N) is 1. The van der Waals surface area contributed by atoms with Gasteiger partial charge in [0, 0.05) is 23.6 Å². The number of hydrogen-bond acceptors (Lipinski definition) is 9. The van der Waals surface area contributed by atoms with Crippen LogP contribution in [0.3, 0.4) is 0 Å². The number of aromatic nitrogens is 2. The van der Waals surface area contributed by atoms with Crippen molar-refractivity contribution in [3.8, 4) is 17.5 Å². The van der Waals surface area contributed by atoms with Gasteiger partial charge in [0.15, 0.2) is 5.82 Å². The van der Waals surface area contributed by atoms with E-state index in [9.17, 15) is 14.9 Å². The third-order valence-electron chi connectivity index (χ3n) is 5.56. The minimum absolute atomic E-state index is 0.00174. The van der Waals surface area contributed by atoms with Gasteiger partial charge in [0.05, 0.1) is 37.4 Å². The standard InChI is InChI=1S/C26H21N5O4/c1-34-25(32)21-20(16-7-4-3-5-8-16)19(15-27)23(28)31(22(21)26(33)35-2)18-11-9-17(10-12-18)24-29-13-6-14-30-24/h3-14,20H,28H2,1-2H3. The average molecular weight is 467 g/mol. The van der Waals surface area contributed by atoms with Gasteiger partial charge in [0.1, 0.15) is 11.5 Å². The normalized spacial score (nSPS) is 15.5. The van der Waals surface area contributed by atoms with Gasteiger partial charge in [-0.25, -0.2) is 19.6 Å². The highest BCUT2D eigenvalue weighted by Crippen LogP contribution is 2.43. The van der Waals surface area contributed by atoms with Gasteiger partial charge in [-0.05, 0) is 35.9 Å². The molecule has 0 spiro atoms. The quantitative estimate of drug-likeness (QED) is 0.562. The summed E-state index contributed by atoms with van der Waals surface area (Å²) < 4.78 is 10.1. The number of nitriles is 1. The van der Waals surface area contributed by atoms with Crippen LogP contribution in [0.25, 0.3) is 11.4 Å². The minimum Gasteiger partial charge on any atom is -0.466 e. The molecule has 1 unspecified atom stereocenters. The molecule has 2 N–H and O–H groups in total. The molecule has 0 bridgehead atoms. The van der Waals surface area contributed by atoms with Crippen LogP contribution in [0, 0.1) is 11.3 Å². The van der Waals surface area contributed by atoms with Gasteiger partial charge < -0.3 is 15.2 Å². The Morgan fingerprint density at radius 3 is 2.14 bits per heavy atom. The molecule has 0 saturated heterocycles. The smallest absolute Gasteiger partial charge is 0.355 e. The molecule has 1 aliphatic rings. The lowest BCUT2D eigenvalue weighted by Crippen LogP contribution is -2.40. The predicted molar refractivity (Wildman–Crippen MR) is 127 cm³/mol. The van der Waals surface area contributed by atoms with E-state index < -0.39 is 17.9 Å². The van der Waals surface area contributed by atoms with E-state index in [1.807, 2.05) is 0 Å². The van der Waals surface area contributed by atoms with E-state index in [2.05, 4.69) is 16.0 Å². The fourth-order valence-corrected chi connectivity index (χ4v) is 3.99. The lowest BCUT2D eigenvalue weighted by Gasteiger charge is -2.35. The molecular formula is C26H21N5O4. The maximum Gasteiger partial charge on any atom is 0.355 e. The number of nitrogens with zero attached hydrogens (tertiary/aromatic N) is 4. The Morgan fingerprint density at radius 2 is 1.57 bits per heavy atom. The van der Waals surface area contributed by atoms with E-state index in [1.165, 1.54) is 19.1 Å². The van der Waals surface area contributed by atoms with Gasteiger partial charge in [-0.1, -0.05) is 30.3 Å². The van der Waals surface area contributed by atoms with Gasteiger partial charge >= 0.3 is 11.9 Å². The van der Waals surface area contributed by atoms with E-state index in [-0.39, 0.29) is 22.7 Å². The molecule has 0 radical (unpaired) electrons. The molecule has 174 valence electrons. The summed E-state index contributed by atoms with van der Waals surface area (Å²) in [5, 5.41) is 10.1. The number of carbonyl (C=O) groups is 2. The van der Waals surface area contributed by atoms with Crippen LogP contribution in [-0.2, 0) is 19.1 Å². The summed E-state index contributed by atoms with van der Waals surface area (Å²) in [4.78, 5) is 35.9. The van der Waals surface area contributed by atoms with Crippen molar-refractivity contribution in [1.82, 2.24) is 9.97 Å². The molecule has 1 aromatic heterocycles. The van der Waals surface area contributed by atoms with E-state index in [4.69, 9.17) is 15.2 Å². The van der Waals surface area contributed by atoms with Gasteiger partial charge in [0.25, 0.3) is 0 Å². The van der Waals surface area contributed by atoms with Crippen LogP contribution in [0.2, 0.25) is 0 Å². The highest BCUT2D eigenvalue weighted by molar-refractivity contribution is 6.06. The zero-order valence-electron chi connectivity index (χ0n) is 19.0. The Balaban J connectivity index is 1.95. The van der Waals surface area contributed by atoms with E-state index >= 15 is 0 Å². The second-order valence-electron chi connectivity index (χ2n) is 7.45. The van der Waals surface area contributed by atoms with Crippen molar-refractivity contribution in [1.29, 1.82) is 5.26 Å². The molecular weight excluding hydrogens is 446 g/mol. The minimum atomic E-state index is -0.920. The first kappa shape index (κ1) is 23.2. The second-order valence-corrected chi connectivity index (χ2v) is 7.45. The number of anilines is 1. The zero-order chi connectivity index (χ0) is 24.9.